The molecule has 0 saturated carbocycles. The number of benzene rings is 8. The van der Waals surface area contributed by atoms with Crippen LogP contribution in [0.2, 0.25) is 0 Å². The molecular weight excluding hydrogens is 544 g/mol. The highest BCUT2D eigenvalue weighted by atomic mass is 16.3. The predicted octanol–water partition coefficient (Wildman–Crippen LogP) is 12.6. The molecule has 1 heterocycles. The maximum atomic E-state index is 9.90. The van der Waals surface area contributed by atoms with Crippen LogP contribution >= 0.6 is 0 Å². The summed E-state index contributed by atoms with van der Waals surface area (Å²) in [6.45, 7) is 0. The molecule has 210 valence electrons. The van der Waals surface area contributed by atoms with Gasteiger partial charge in [-0.25, -0.2) is 0 Å². The van der Waals surface area contributed by atoms with E-state index < -0.39 is 84.1 Å². The zero-order chi connectivity index (χ0) is 43.7. The zero-order valence-electron chi connectivity index (χ0n) is 39.3. The van der Waals surface area contributed by atoms with Crippen LogP contribution in [0.15, 0.2) is 174 Å². The Kier molecular flexibility index (Phi) is 3.28. The van der Waals surface area contributed by atoms with Crippen molar-refractivity contribution < 1.29 is 26.3 Å². The highest BCUT2D eigenvalue weighted by Crippen LogP contribution is 2.46. The molecule has 0 aliphatic heterocycles. The molecule has 1 heteroatoms. The second-order valence-electron chi connectivity index (χ2n) is 10.4. The molecule has 0 unspecified atom stereocenters. The van der Waals surface area contributed by atoms with Crippen molar-refractivity contribution in [3.05, 3.63) is 169 Å². The van der Waals surface area contributed by atoms with E-state index in [4.69, 9.17) is 23.6 Å². The quantitative estimate of drug-likeness (QED) is 0.186. The number of fused-ring (bicyclic) bond motifs is 5. The molecule has 9 aromatic rings. The van der Waals surface area contributed by atoms with Crippen molar-refractivity contribution in [3.63, 3.8) is 0 Å². The monoisotopic (exact) mass is 588 g/mol. The Balaban J connectivity index is 1.42. The first kappa shape index (κ1) is 14.2. The Morgan fingerprint density at radius 2 is 0.889 bits per heavy atom. The van der Waals surface area contributed by atoms with Crippen molar-refractivity contribution in [1.82, 2.24) is 0 Å². The second-order valence-corrected chi connectivity index (χ2v) is 10.4. The topological polar surface area (TPSA) is 13.1 Å². The minimum Gasteiger partial charge on any atom is -0.455 e. The van der Waals surface area contributed by atoms with Gasteiger partial charge in [-0.1, -0.05) is 151 Å². The summed E-state index contributed by atoms with van der Waals surface area (Å²) in [6, 6.07) is 13.0. The first-order chi connectivity index (χ1) is 29.0. The fraction of sp³-hybridized carbons (Fsp3) is 0. The highest BCUT2D eigenvalue weighted by molar-refractivity contribution is 6.23. The highest BCUT2D eigenvalue weighted by Gasteiger charge is 2.20. The van der Waals surface area contributed by atoms with E-state index in [1.165, 1.54) is 0 Å². The number of rotatable bonds is 4. The number of hydrogen-bond acceptors (Lipinski definition) is 1. The second kappa shape index (κ2) is 10.4. The van der Waals surface area contributed by atoms with Crippen LogP contribution in [0.3, 0.4) is 0 Å². The van der Waals surface area contributed by atoms with E-state index >= 15 is 0 Å². The Morgan fingerprint density at radius 3 is 1.51 bits per heavy atom. The normalized spacial score (nSPS) is 16.5. The number of furan rings is 1. The average molecular weight is 589 g/mol. The summed E-state index contributed by atoms with van der Waals surface area (Å²) in [5.74, 6) is 0. The Labute approximate surface area is 284 Å². The summed E-state index contributed by atoms with van der Waals surface area (Å²) < 4.78 is 145. The predicted molar refractivity (Wildman–Crippen MR) is 190 cm³/mol. The summed E-state index contributed by atoms with van der Waals surface area (Å²) in [5, 5.41) is 2.13. The number of para-hydroxylation sites is 1. The molecule has 1 nitrogen and oxygen atoms in total. The van der Waals surface area contributed by atoms with Gasteiger partial charge in [0.15, 0.2) is 0 Å². The molecule has 0 spiro atoms. The Hall–Kier alpha value is -5.92. The summed E-state index contributed by atoms with van der Waals surface area (Å²) >= 11 is 0. The molecule has 0 N–H and O–H groups in total. The van der Waals surface area contributed by atoms with Crippen LogP contribution in [-0.4, -0.2) is 0 Å². The van der Waals surface area contributed by atoms with Crippen molar-refractivity contribution in [2.24, 2.45) is 0 Å². The van der Waals surface area contributed by atoms with Crippen LogP contribution in [0, 0.1) is 0 Å². The van der Waals surface area contributed by atoms with Crippen LogP contribution in [0.5, 0.6) is 0 Å². The first-order valence-electron chi connectivity index (χ1n) is 22.1. The van der Waals surface area contributed by atoms with Crippen molar-refractivity contribution in [1.29, 1.82) is 0 Å². The standard InChI is InChI=1S/C44H28O/c1-3-13-29(14-4-1)30-23-25-32(26-24-30)42-35-18-7-9-20-37(35)43(38-21-10-8-19-36(38)42)33-27-39(31-15-5-2-6-16-31)44-40(28-33)34-17-11-12-22-41(34)45-44/h1-28H/i1D,2D,3D,4D,5D,6D,11D,12D,13D,14D,15D,16D,17D,22D,27D,28D. The van der Waals surface area contributed by atoms with Gasteiger partial charge < -0.3 is 4.42 Å². The SMILES string of the molecule is [2H]c1c([2H])c([2H])c(-c2ccc(-c3c4ccccc4c(-c4c([2H])c(-c5c([2H])c([2H])c([2H])c([2H])c5[2H])c5oc6c([2H])c([2H])c([2H])c([2H])c6c5c4[2H])c4ccccc34)cc2)c([2H])c1[2H]. The van der Waals surface area contributed by atoms with Gasteiger partial charge in [0.2, 0.25) is 0 Å². The van der Waals surface area contributed by atoms with Crippen LogP contribution in [-0.2, 0) is 0 Å². The van der Waals surface area contributed by atoms with Gasteiger partial charge in [-0.05, 0) is 78.6 Å². The molecule has 0 fully saturated rings. The third-order valence-electron chi connectivity index (χ3n) is 7.96. The van der Waals surface area contributed by atoms with Crippen LogP contribution in [0.1, 0.15) is 21.9 Å². The lowest BCUT2D eigenvalue weighted by atomic mass is 9.84. The third kappa shape index (κ3) is 4.17. The molecule has 45 heavy (non-hydrogen) atoms. The fourth-order valence-electron chi connectivity index (χ4n) is 6.04. The van der Waals surface area contributed by atoms with Crippen LogP contribution in [0.4, 0.5) is 0 Å². The van der Waals surface area contributed by atoms with E-state index in [1.807, 2.05) is 24.3 Å². The molecule has 9 rings (SSSR count). The van der Waals surface area contributed by atoms with Crippen molar-refractivity contribution in [2.75, 3.05) is 0 Å². The zero-order valence-corrected chi connectivity index (χ0v) is 23.3. The summed E-state index contributed by atoms with van der Waals surface area (Å²) in [7, 11) is 0. The minimum atomic E-state index is -0.682. The lowest BCUT2D eigenvalue weighted by molar-refractivity contribution is 0.670. The summed E-state index contributed by atoms with van der Waals surface area (Å²) in [4.78, 5) is 0. The third-order valence-corrected chi connectivity index (χ3v) is 7.96. The molecule has 0 bridgehead atoms. The fourth-order valence-corrected chi connectivity index (χ4v) is 6.04. The van der Waals surface area contributed by atoms with E-state index in [0.717, 1.165) is 5.56 Å². The lowest BCUT2D eigenvalue weighted by Crippen LogP contribution is -1.91. The van der Waals surface area contributed by atoms with E-state index in [9.17, 15) is 2.74 Å². The summed E-state index contributed by atoms with van der Waals surface area (Å²) in [6.07, 6.45) is 0. The molecule has 0 atom stereocenters. The first-order valence-corrected chi connectivity index (χ1v) is 14.1. The van der Waals surface area contributed by atoms with E-state index in [-0.39, 0.29) is 56.8 Å². The van der Waals surface area contributed by atoms with Crippen molar-refractivity contribution in [2.45, 2.75) is 0 Å². The van der Waals surface area contributed by atoms with Gasteiger partial charge in [-0.2, -0.15) is 0 Å². The molecule has 0 aliphatic carbocycles. The molecule has 0 amide bonds. The molecule has 0 radical (unpaired) electrons. The van der Waals surface area contributed by atoms with E-state index in [2.05, 4.69) is 0 Å². The Bertz CT molecular complexity index is 3310. The maximum Gasteiger partial charge on any atom is 0.143 e. The van der Waals surface area contributed by atoms with Crippen LogP contribution in [0.25, 0.3) is 88.0 Å². The summed E-state index contributed by atoms with van der Waals surface area (Å²) in [5.41, 5.74) is 0.895. The lowest BCUT2D eigenvalue weighted by Gasteiger charge is -2.18. The van der Waals surface area contributed by atoms with Crippen molar-refractivity contribution in [3.8, 4) is 44.5 Å². The smallest absolute Gasteiger partial charge is 0.143 e. The van der Waals surface area contributed by atoms with Gasteiger partial charge in [0, 0.05) is 16.3 Å². The Morgan fingerprint density at radius 1 is 0.378 bits per heavy atom. The molecule has 8 aromatic carbocycles. The molecular formula is C44H28O. The number of hydrogen-bond donors (Lipinski definition) is 0. The van der Waals surface area contributed by atoms with Gasteiger partial charge in [0.1, 0.15) is 11.2 Å². The van der Waals surface area contributed by atoms with Gasteiger partial charge in [0.25, 0.3) is 0 Å². The largest absolute Gasteiger partial charge is 0.455 e. The van der Waals surface area contributed by atoms with Gasteiger partial charge in [0.05, 0.1) is 21.9 Å². The molecule has 0 saturated heterocycles. The van der Waals surface area contributed by atoms with Gasteiger partial charge in [-0.3, -0.25) is 0 Å². The van der Waals surface area contributed by atoms with Crippen LogP contribution < -0.4 is 0 Å². The molecule has 1 aromatic heterocycles. The minimum absolute atomic E-state index is 0.0418. The maximum absolute atomic E-state index is 9.90. The van der Waals surface area contributed by atoms with E-state index in [0.29, 0.717) is 38.2 Å². The van der Waals surface area contributed by atoms with Crippen molar-refractivity contribution >= 4 is 43.5 Å². The van der Waals surface area contributed by atoms with Gasteiger partial charge in [-0.15, -0.1) is 0 Å². The average Bonchev–Trinajstić information content (AvgIpc) is 3.67. The molecule has 0 aliphatic rings. The van der Waals surface area contributed by atoms with E-state index in [1.54, 1.807) is 48.5 Å². The van der Waals surface area contributed by atoms with Gasteiger partial charge >= 0.3 is 0 Å².